The summed E-state index contributed by atoms with van der Waals surface area (Å²) < 4.78 is 37.5. The molecule has 0 aliphatic heterocycles. The summed E-state index contributed by atoms with van der Waals surface area (Å²) >= 11 is 0. The summed E-state index contributed by atoms with van der Waals surface area (Å²) in [7, 11) is -3.73. The summed E-state index contributed by atoms with van der Waals surface area (Å²) in [5, 5.41) is 0. The highest BCUT2D eigenvalue weighted by atomic mass is 32.2. The zero-order chi connectivity index (χ0) is 15.6. The smallest absolute Gasteiger partial charge is 0.248 e. The van der Waals surface area contributed by atoms with E-state index >= 15 is 0 Å². The molecule has 7 heteroatoms. The average Bonchev–Trinajstić information content (AvgIpc) is 2.40. The van der Waals surface area contributed by atoms with Crippen LogP contribution in [0.2, 0.25) is 0 Å². The second kappa shape index (κ2) is 5.53. The fourth-order valence-electron chi connectivity index (χ4n) is 1.83. The molecule has 21 heavy (non-hydrogen) atoms. The Labute approximate surface area is 121 Å². The van der Waals surface area contributed by atoms with Gasteiger partial charge in [0.2, 0.25) is 5.91 Å². The maximum Gasteiger partial charge on any atom is 0.248 e. The number of carbonyl (C=O) groups is 1. The molecule has 0 spiro atoms. The van der Waals surface area contributed by atoms with Crippen LogP contribution in [-0.4, -0.2) is 14.3 Å². The van der Waals surface area contributed by atoms with Gasteiger partial charge in [-0.1, -0.05) is 12.1 Å². The number of hydrogen-bond acceptors (Lipinski definition) is 4. The normalized spacial score (nSPS) is 11.3. The van der Waals surface area contributed by atoms with Crippen LogP contribution >= 0.6 is 0 Å². The predicted octanol–water partition coefficient (Wildman–Crippen LogP) is 1.48. The molecule has 0 saturated heterocycles. The van der Waals surface area contributed by atoms with Crippen molar-refractivity contribution in [1.82, 2.24) is 0 Å². The molecule has 0 heterocycles. The van der Waals surface area contributed by atoms with Gasteiger partial charge in [-0.15, -0.1) is 0 Å². The van der Waals surface area contributed by atoms with Gasteiger partial charge in [-0.3, -0.25) is 4.79 Å². The zero-order valence-corrected chi connectivity index (χ0v) is 11.7. The summed E-state index contributed by atoms with van der Waals surface area (Å²) in [4.78, 5) is 10.9. The monoisotopic (exact) mass is 308 g/mol. The second-order valence-corrected chi connectivity index (χ2v) is 6.48. The quantitative estimate of drug-likeness (QED) is 0.835. The van der Waals surface area contributed by atoms with Crippen LogP contribution in [0.3, 0.4) is 0 Å². The first-order valence-electron chi connectivity index (χ1n) is 5.96. The van der Waals surface area contributed by atoms with Gasteiger partial charge < -0.3 is 11.5 Å². The molecule has 5 nitrogen and oxygen atoms in total. The Morgan fingerprint density at radius 2 is 1.86 bits per heavy atom. The summed E-state index contributed by atoms with van der Waals surface area (Å²) in [6.07, 6.45) is 0. The molecule has 0 radical (unpaired) electrons. The number of carbonyl (C=O) groups excluding carboxylic acids is 1. The predicted molar refractivity (Wildman–Crippen MR) is 76.7 cm³/mol. The number of rotatable bonds is 4. The molecular formula is C14H13FN2O3S. The molecule has 2 rings (SSSR count). The van der Waals surface area contributed by atoms with Gasteiger partial charge in [0.25, 0.3) is 0 Å². The Morgan fingerprint density at radius 3 is 2.43 bits per heavy atom. The van der Waals surface area contributed by atoms with Crippen molar-refractivity contribution in [2.24, 2.45) is 5.73 Å². The Morgan fingerprint density at radius 1 is 1.14 bits per heavy atom. The standard InChI is InChI=1S/C14H13FN2O3S/c15-11-2-1-3-12(7-11)21(19,20)8-10-5-4-9(14(17)18)6-13(10)16/h1-7H,8,16H2,(H2,17,18). The number of amides is 1. The number of halogens is 1. The number of anilines is 1. The SMILES string of the molecule is NC(=O)c1ccc(CS(=O)(=O)c2cccc(F)c2)c(N)c1. The van der Waals surface area contributed by atoms with Crippen molar-refractivity contribution in [3.63, 3.8) is 0 Å². The van der Waals surface area contributed by atoms with E-state index in [1.165, 1.54) is 30.3 Å². The van der Waals surface area contributed by atoms with Gasteiger partial charge in [0, 0.05) is 11.3 Å². The third-order valence-corrected chi connectivity index (χ3v) is 4.59. The van der Waals surface area contributed by atoms with Gasteiger partial charge in [0.15, 0.2) is 9.84 Å². The van der Waals surface area contributed by atoms with E-state index in [1.54, 1.807) is 0 Å². The van der Waals surface area contributed by atoms with Crippen molar-refractivity contribution >= 4 is 21.4 Å². The first kappa shape index (κ1) is 15.0. The Bertz CT molecular complexity index is 804. The minimum absolute atomic E-state index is 0.124. The number of sulfone groups is 1. The van der Waals surface area contributed by atoms with Crippen molar-refractivity contribution in [3.05, 3.63) is 59.4 Å². The van der Waals surface area contributed by atoms with Crippen LogP contribution in [0.5, 0.6) is 0 Å². The van der Waals surface area contributed by atoms with E-state index < -0.39 is 21.6 Å². The van der Waals surface area contributed by atoms with E-state index in [0.717, 1.165) is 12.1 Å². The summed E-state index contributed by atoms with van der Waals surface area (Å²) in [5.74, 6) is -1.67. The summed E-state index contributed by atoms with van der Waals surface area (Å²) in [6, 6.07) is 8.88. The number of nitrogens with two attached hydrogens (primary N) is 2. The molecule has 1 amide bonds. The summed E-state index contributed by atoms with van der Waals surface area (Å²) in [5.41, 5.74) is 11.5. The van der Waals surface area contributed by atoms with Gasteiger partial charge in [0.05, 0.1) is 10.6 Å². The molecular weight excluding hydrogens is 295 g/mol. The molecule has 0 fully saturated rings. The van der Waals surface area contributed by atoms with Crippen molar-refractivity contribution in [3.8, 4) is 0 Å². The molecule has 0 unspecified atom stereocenters. The van der Waals surface area contributed by atoms with E-state index in [2.05, 4.69) is 0 Å². The highest BCUT2D eigenvalue weighted by molar-refractivity contribution is 7.90. The highest BCUT2D eigenvalue weighted by Gasteiger charge is 2.18. The second-order valence-electron chi connectivity index (χ2n) is 4.49. The van der Waals surface area contributed by atoms with Crippen LogP contribution in [0, 0.1) is 5.82 Å². The third-order valence-electron chi connectivity index (χ3n) is 2.93. The molecule has 0 aliphatic rings. The Hall–Kier alpha value is -2.41. The van der Waals surface area contributed by atoms with Gasteiger partial charge >= 0.3 is 0 Å². The average molecular weight is 308 g/mol. The minimum atomic E-state index is -3.73. The molecule has 0 bridgehead atoms. The zero-order valence-electron chi connectivity index (χ0n) is 10.9. The van der Waals surface area contributed by atoms with E-state index in [0.29, 0.717) is 5.56 Å². The minimum Gasteiger partial charge on any atom is -0.398 e. The lowest BCUT2D eigenvalue weighted by Crippen LogP contribution is -2.13. The van der Waals surface area contributed by atoms with E-state index in [9.17, 15) is 17.6 Å². The molecule has 4 N–H and O–H groups in total. The van der Waals surface area contributed by atoms with Gasteiger partial charge in [-0.25, -0.2) is 12.8 Å². The Kier molecular flexibility index (Phi) is 3.95. The maximum atomic E-state index is 13.1. The number of nitrogen functional groups attached to an aromatic ring is 1. The van der Waals surface area contributed by atoms with Crippen molar-refractivity contribution in [2.75, 3.05) is 5.73 Å². The molecule has 0 aromatic heterocycles. The molecule has 0 aliphatic carbocycles. The first-order chi connectivity index (χ1) is 9.79. The topological polar surface area (TPSA) is 103 Å². The molecule has 0 saturated carbocycles. The van der Waals surface area contributed by atoms with Crippen molar-refractivity contribution in [1.29, 1.82) is 0 Å². The molecule has 0 atom stereocenters. The van der Waals surface area contributed by atoms with Gasteiger partial charge in [-0.05, 0) is 35.9 Å². The van der Waals surface area contributed by atoms with E-state index in [1.807, 2.05) is 0 Å². The molecule has 2 aromatic carbocycles. The van der Waals surface area contributed by atoms with Crippen LogP contribution < -0.4 is 11.5 Å². The summed E-state index contributed by atoms with van der Waals surface area (Å²) in [6.45, 7) is 0. The van der Waals surface area contributed by atoms with Crippen molar-refractivity contribution in [2.45, 2.75) is 10.6 Å². The van der Waals surface area contributed by atoms with Crippen LogP contribution in [-0.2, 0) is 15.6 Å². The molecule has 110 valence electrons. The van der Waals surface area contributed by atoms with Crippen LogP contribution in [0.4, 0.5) is 10.1 Å². The maximum absolute atomic E-state index is 13.1. The fraction of sp³-hybridized carbons (Fsp3) is 0.0714. The van der Waals surface area contributed by atoms with E-state index in [4.69, 9.17) is 11.5 Å². The lowest BCUT2D eigenvalue weighted by Gasteiger charge is -2.08. The lowest BCUT2D eigenvalue weighted by molar-refractivity contribution is 0.100. The van der Waals surface area contributed by atoms with Crippen LogP contribution in [0.15, 0.2) is 47.4 Å². The third kappa shape index (κ3) is 3.38. The van der Waals surface area contributed by atoms with Crippen LogP contribution in [0.1, 0.15) is 15.9 Å². The highest BCUT2D eigenvalue weighted by Crippen LogP contribution is 2.22. The lowest BCUT2D eigenvalue weighted by atomic mass is 10.1. The largest absolute Gasteiger partial charge is 0.398 e. The fourth-order valence-corrected chi connectivity index (χ4v) is 3.25. The van der Waals surface area contributed by atoms with E-state index in [-0.39, 0.29) is 21.9 Å². The number of hydrogen-bond donors (Lipinski definition) is 2. The van der Waals surface area contributed by atoms with Gasteiger partial charge in [-0.2, -0.15) is 0 Å². The van der Waals surface area contributed by atoms with Gasteiger partial charge in [0.1, 0.15) is 5.82 Å². The van der Waals surface area contributed by atoms with Crippen molar-refractivity contribution < 1.29 is 17.6 Å². The van der Waals surface area contributed by atoms with Crippen LogP contribution in [0.25, 0.3) is 0 Å². The first-order valence-corrected chi connectivity index (χ1v) is 7.61. The number of benzene rings is 2. The number of primary amides is 1. The Balaban J connectivity index is 2.35. The molecule has 2 aromatic rings.